The Hall–Kier alpha value is -1.52. The Labute approximate surface area is 115 Å². The number of urea groups is 1. The third-order valence-corrected chi connectivity index (χ3v) is 3.26. The van der Waals surface area contributed by atoms with Crippen LogP contribution >= 0.6 is 0 Å². The largest absolute Gasteiger partial charge is 0.338 e. The molecule has 0 spiro atoms. The number of carbonyl (C=O) groups is 1. The Morgan fingerprint density at radius 2 is 2.00 bits per heavy atom. The van der Waals surface area contributed by atoms with Gasteiger partial charge in [0.1, 0.15) is 0 Å². The molecule has 0 aliphatic carbocycles. The van der Waals surface area contributed by atoms with Gasteiger partial charge in [-0.05, 0) is 33.1 Å². The van der Waals surface area contributed by atoms with E-state index in [1.807, 2.05) is 18.5 Å². The third-order valence-electron chi connectivity index (χ3n) is 3.26. The normalized spacial score (nSPS) is 10.8. The van der Waals surface area contributed by atoms with E-state index in [4.69, 9.17) is 0 Å². The van der Waals surface area contributed by atoms with Crippen LogP contribution in [0.3, 0.4) is 0 Å². The maximum atomic E-state index is 11.6. The molecule has 1 rings (SSSR count). The van der Waals surface area contributed by atoms with Crippen molar-refractivity contribution in [1.29, 1.82) is 0 Å². The number of aryl methyl sites for hydroxylation is 2. The number of hydrogen-bond donors (Lipinski definition) is 2. The first kappa shape index (κ1) is 15.5. The van der Waals surface area contributed by atoms with Crippen molar-refractivity contribution in [3.63, 3.8) is 0 Å². The van der Waals surface area contributed by atoms with E-state index in [2.05, 4.69) is 36.5 Å². The molecule has 0 radical (unpaired) electrons. The molecule has 1 aromatic heterocycles. The summed E-state index contributed by atoms with van der Waals surface area (Å²) in [5.41, 5.74) is 3.23. The molecule has 2 N–H and O–H groups in total. The van der Waals surface area contributed by atoms with Crippen LogP contribution in [0.25, 0.3) is 0 Å². The van der Waals surface area contributed by atoms with Crippen LogP contribution in [0.1, 0.15) is 44.1 Å². The third kappa shape index (κ3) is 4.58. The van der Waals surface area contributed by atoms with E-state index in [1.165, 1.54) is 0 Å². The number of hydrogen-bond acceptors (Lipinski definition) is 2. The Bertz CT molecular complexity index is 423. The van der Waals surface area contributed by atoms with Gasteiger partial charge in [0.2, 0.25) is 0 Å². The summed E-state index contributed by atoms with van der Waals surface area (Å²) in [5, 5.41) is 10.2. The lowest BCUT2D eigenvalue weighted by molar-refractivity contribution is 0.240. The highest BCUT2D eigenvalue weighted by Gasteiger charge is 2.11. The molecule has 1 aromatic rings. The summed E-state index contributed by atoms with van der Waals surface area (Å²) in [7, 11) is 0. The van der Waals surface area contributed by atoms with Gasteiger partial charge in [-0.1, -0.05) is 13.8 Å². The summed E-state index contributed by atoms with van der Waals surface area (Å²) >= 11 is 0. The number of carbonyl (C=O) groups excluding carboxylic acids is 1. The highest BCUT2D eigenvalue weighted by atomic mass is 16.2. The number of amides is 2. The summed E-state index contributed by atoms with van der Waals surface area (Å²) < 4.78 is 1.96. The van der Waals surface area contributed by atoms with E-state index < -0.39 is 0 Å². The van der Waals surface area contributed by atoms with Crippen LogP contribution in [-0.4, -0.2) is 22.4 Å². The Kier molecular flexibility index (Phi) is 5.86. The van der Waals surface area contributed by atoms with E-state index >= 15 is 0 Å². The van der Waals surface area contributed by atoms with E-state index in [1.54, 1.807) is 0 Å². The molecule has 0 fully saturated rings. The average Bonchev–Trinajstić information content (AvgIpc) is 2.61. The molecule has 0 saturated carbocycles. The molecule has 0 saturated heterocycles. The summed E-state index contributed by atoms with van der Waals surface area (Å²) in [4.78, 5) is 11.6. The molecule has 0 bridgehead atoms. The van der Waals surface area contributed by atoms with Crippen molar-refractivity contribution < 1.29 is 4.79 Å². The first-order valence-corrected chi connectivity index (χ1v) is 7.00. The minimum atomic E-state index is -0.108. The fourth-order valence-corrected chi connectivity index (χ4v) is 2.00. The minimum Gasteiger partial charge on any atom is -0.338 e. The Morgan fingerprint density at radius 1 is 1.32 bits per heavy atom. The fraction of sp³-hybridized carbons (Fsp3) is 0.714. The van der Waals surface area contributed by atoms with Crippen LogP contribution in [0, 0.1) is 19.8 Å². The van der Waals surface area contributed by atoms with E-state index in [9.17, 15) is 4.79 Å². The van der Waals surface area contributed by atoms with Gasteiger partial charge < -0.3 is 10.6 Å². The Balaban J connectivity index is 2.44. The quantitative estimate of drug-likeness (QED) is 0.830. The van der Waals surface area contributed by atoms with Gasteiger partial charge in [0.15, 0.2) is 0 Å². The zero-order valence-corrected chi connectivity index (χ0v) is 12.7. The van der Waals surface area contributed by atoms with Crippen LogP contribution in [0.5, 0.6) is 0 Å². The number of aromatic nitrogens is 2. The van der Waals surface area contributed by atoms with Gasteiger partial charge in [-0.25, -0.2) is 4.79 Å². The SMILES string of the molecule is CCn1nc(C)c(CNC(=O)NCCC(C)C)c1C. The first-order valence-electron chi connectivity index (χ1n) is 7.00. The summed E-state index contributed by atoms with van der Waals surface area (Å²) in [6.07, 6.45) is 0.999. The van der Waals surface area contributed by atoms with Crippen molar-refractivity contribution in [2.24, 2.45) is 5.92 Å². The van der Waals surface area contributed by atoms with Gasteiger partial charge in [-0.15, -0.1) is 0 Å². The van der Waals surface area contributed by atoms with Crippen molar-refractivity contribution in [2.75, 3.05) is 6.54 Å². The monoisotopic (exact) mass is 266 g/mol. The predicted molar refractivity (Wildman–Crippen MR) is 77.1 cm³/mol. The lowest BCUT2D eigenvalue weighted by Crippen LogP contribution is -2.36. The van der Waals surface area contributed by atoms with Gasteiger partial charge >= 0.3 is 6.03 Å². The minimum absolute atomic E-state index is 0.108. The van der Waals surface area contributed by atoms with Crippen molar-refractivity contribution in [3.05, 3.63) is 17.0 Å². The lowest BCUT2D eigenvalue weighted by Gasteiger charge is -2.09. The smallest absolute Gasteiger partial charge is 0.315 e. The number of nitrogens with one attached hydrogen (secondary N) is 2. The summed E-state index contributed by atoms with van der Waals surface area (Å²) in [5.74, 6) is 0.604. The molecule has 0 aliphatic rings. The average molecular weight is 266 g/mol. The van der Waals surface area contributed by atoms with Crippen molar-refractivity contribution >= 4 is 6.03 Å². The fourth-order valence-electron chi connectivity index (χ4n) is 2.00. The van der Waals surface area contributed by atoms with E-state index in [-0.39, 0.29) is 6.03 Å². The molecule has 0 aliphatic heterocycles. The molecule has 1 heterocycles. The highest BCUT2D eigenvalue weighted by molar-refractivity contribution is 5.73. The van der Waals surface area contributed by atoms with Crippen LogP contribution in [0.15, 0.2) is 0 Å². The number of nitrogens with zero attached hydrogens (tertiary/aromatic N) is 2. The lowest BCUT2D eigenvalue weighted by atomic mass is 10.1. The first-order chi connectivity index (χ1) is 8.95. The second-order valence-corrected chi connectivity index (χ2v) is 5.26. The molecule has 5 nitrogen and oxygen atoms in total. The molecular formula is C14H26N4O. The molecule has 0 aromatic carbocycles. The van der Waals surface area contributed by atoms with Crippen LogP contribution in [0.4, 0.5) is 4.79 Å². The van der Waals surface area contributed by atoms with Crippen molar-refractivity contribution in [3.8, 4) is 0 Å². The van der Waals surface area contributed by atoms with Gasteiger partial charge in [0.25, 0.3) is 0 Å². The molecular weight excluding hydrogens is 240 g/mol. The summed E-state index contributed by atoms with van der Waals surface area (Å²) in [6, 6.07) is -0.108. The molecule has 2 amide bonds. The maximum absolute atomic E-state index is 11.6. The summed E-state index contributed by atoms with van der Waals surface area (Å²) in [6.45, 7) is 12.5. The van der Waals surface area contributed by atoms with Crippen molar-refractivity contribution in [1.82, 2.24) is 20.4 Å². The predicted octanol–water partition coefficient (Wildman–Crippen LogP) is 2.37. The van der Waals surface area contributed by atoms with E-state index in [0.29, 0.717) is 12.5 Å². The van der Waals surface area contributed by atoms with Gasteiger partial charge in [-0.2, -0.15) is 5.10 Å². The Morgan fingerprint density at radius 3 is 2.53 bits per heavy atom. The van der Waals surface area contributed by atoms with Gasteiger partial charge in [0.05, 0.1) is 5.69 Å². The molecule has 19 heavy (non-hydrogen) atoms. The maximum Gasteiger partial charge on any atom is 0.315 e. The molecule has 0 unspecified atom stereocenters. The van der Waals surface area contributed by atoms with Gasteiger partial charge in [-0.3, -0.25) is 4.68 Å². The highest BCUT2D eigenvalue weighted by Crippen LogP contribution is 2.12. The second kappa shape index (κ2) is 7.16. The zero-order chi connectivity index (χ0) is 14.4. The molecule has 108 valence electrons. The zero-order valence-electron chi connectivity index (χ0n) is 12.7. The molecule has 5 heteroatoms. The topological polar surface area (TPSA) is 59.0 Å². The van der Waals surface area contributed by atoms with Gasteiger partial charge in [0, 0.05) is 30.9 Å². The van der Waals surface area contributed by atoms with E-state index in [0.717, 1.165) is 36.5 Å². The second-order valence-electron chi connectivity index (χ2n) is 5.26. The number of rotatable bonds is 6. The molecule has 0 atom stereocenters. The van der Waals surface area contributed by atoms with Crippen molar-refractivity contribution in [2.45, 2.75) is 54.1 Å². The standard InChI is InChI=1S/C14H26N4O/c1-6-18-12(5)13(11(4)17-18)9-16-14(19)15-8-7-10(2)3/h10H,6-9H2,1-5H3,(H2,15,16,19). The van der Waals surface area contributed by atoms with Crippen LogP contribution < -0.4 is 10.6 Å². The van der Waals surface area contributed by atoms with Crippen LogP contribution in [-0.2, 0) is 13.1 Å². The van der Waals surface area contributed by atoms with Crippen LogP contribution in [0.2, 0.25) is 0 Å².